The van der Waals surface area contributed by atoms with Crippen molar-refractivity contribution in [1.29, 1.82) is 0 Å². The molecule has 0 heterocycles. The van der Waals surface area contributed by atoms with E-state index >= 15 is 0 Å². The van der Waals surface area contributed by atoms with Crippen molar-refractivity contribution < 1.29 is 34.9 Å². The van der Waals surface area contributed by atoms with Crippen molar-refractivity contribution in [3.05, 3.63) is 29.3 Å². The van der Waals surface area contributed by atoms with E-state index in [1.807, 2.05) is 27.7 Å². The second-order valence-electron chi connectivity index (χ2n) is 7.91. The summed E-state index contributed by atoms with van der Waals surface area (Å²) in [6.45, 7) is 11.4. The summed E-state index contributed by atoms with van der Waals surface area (Å²) >= 11 is 0. The third-order valence-electron chi connectivity index (χ3n) is 3.90. The van der Waals surface area contributed by atoms with E-state index in [0.29, 0.717) is 24.7 Å². The van der Waals surface area contributed by atoms with Crippen molar-refractivity contribution in [2.24, 2.45) is 11.8 Å². The number of carbonyl (C=O) groups excluding carboxylic acids is 2. The molecule has 0 aliphatic heterocycles. The van der Waals surface area contributed by atoms with Gasteiger partial charge >= 0.3 is 60.8 Å². The van der Waals surface area contributed by atoms with Crippen LogP contribution in [0.15, 0.2) is 23.1 Å². The van der Waals surface area contributed by atoms with Crippen LogP contribution in [-0.2, 0) is 19.6 Å². The Balaban J connectivity index is -0.00000261. The van der Waals surface area contributed by atoms with E-state index in [-0.39, 0.29) is 75.1 Å². The summed E-state index contributed by atoms with van der Waals surface area (Å²) in [6, 6.07) is 3.17. The Morgan fingerprint density at radius 3 is 1.48 bits per heavy atom. The van der Waals surface area contributed by atoms with Crippen molar-refractivity contribution in [1.82, 2.24) is 0 Å². The van der Waals surface area contributed by atoms with Crippen LogP contribution in [0.5, 0.6) is 0 Å². The minimum Gasteiger partial charge on any atom is -1.00 e. The van der Waals surface area contributed by atoms with Gasteiger partial charge in [-0.15, -0.1) is 0 Å². The van der Waals surface area contributed by atoms with Gasteiger partial charge in [0.05, 0.1) is 28.2 Å². The molecular weight excluding hydrogens is 522 g/mol. The normalized spacial score (nSPS) is 13.6. The van der Waals surface area contributed by atoms with Gasteiger partial charge in [-0.2, -0.15) is 8.42 Å². The SMILES string of the molecule is CC(C)CC(C)OC(=O)c1cc(C(=O)OC(C)CC(C)C)cc(S(=O)(=O)O)c1.[Ba+2].[H-].[H-]. The van der Waals surface area contributed by atoms with E-state index in [4.69, 9.17) is 9.47 Å². The van der Waals surface area contributed by atoms with Crippen LogP contribution in [0.1, 0.15) is 78.0 Å². The molecule has 1 aromatic carbocycles. The number of carbonyl (C=O) groups is 2. The Morgan fingerprint density at radius 2 is 1.21 bits per heavy atom. The number of hydrogen-bond donors (Lipinski definition) is 1. The zero-order chi connectivity index (χ0) is 21.6. The molecule has 0 fully saturated rings. The van der Waals surface area contributed by atoms with E-state index in [0.717, 1.165) is 12.1 Å². The summed E-state index contributed by atoms with van der Waals surface area (Å²) in [7, 11) is -4.63. The van der Waals surface area contributed by atoms with Gasteiger partial charge in [-0.3, -0.25) is 4.55 Å². The van der Waals surface area contributed by atoms with E-state index in [2.05, 4.69) is 0 Å². The van der Waals surface area contributed by atoms with Gasteiger partial charge in [-0.25, -0.2) is 9.59 Å². The first kappa shape index (κ1) is 28.6. The summed E-state index contributed by atoms with van der Waals surface area (Å²) in [5.41, 5.74) is -0.289. The van der Waals surface area contributed by atoms with Gasteiger partial charge in [0, 0.05) is 0 Å². The molecule has 0 aromatic heterocycles. The van der Waals surface area contributed by atoms with Crippen LogP contribution in [0.2, 0.25) is 0 Å². The van der Waals surface area contributed by atoms with Gasteiger partial charge in [0.1, 0.15) is 0 Å². The Kier molecular flexibility index (Phi) is 12.3. The van der Waals surface area contributed by atoms with E-state index in [1.54, 1.807) is 13.8 Å². The van der Waals surface area contributed by atoms with E-state index < -0.39 is 27.0 Å². The molecule has 1 rings (SSSR count). The fraction of sp³-hybridized carbons (Fsp3) is 0.600. The standard InChI is InChI=1S/C20H30O7S.Ba.2H/c1-12(2)7-14(5)26-19(21)16-9-17(11-18(10-16)28(23,24)25)20(22)27-15(6)8-13(3)4;;;/h9-15H,7-8H2,1-6H3,(H,23,24,25);;;/q;+2;2*-1. The minimum atomic E-state index is -4.63. The van der Waals surface area contributed by atoms with Gasteiger partial charge in [-0.05, 0) is 56.7 Å². The van der Waals surface area contributed by atoms with Crippen molar-refractivity contribution >= 4 is 70.9 Å². The summed E-state index contributed by atoms with van der Waals surface area (Å²) < 4.78 is 43.1. The van der Waals surface area contributed by atoms with E-state index in [1.165, 1.54) is 6.07 Å². The van der Waals surface area contributed by atoms with Crippen LogP contribution in [0, 0.1) is 11.8 Å². The van der Waals surface area contributed by atoms with Crippen LogP contribution < -0.4 is 0 Å². The van der Waals surface area contributed by atoms with E-state index in [9.17, 15) is 22.6 Å². The first-order chi connectivity index (χ1) is 12.8. The fourth-order valence-electron chi connectivity index (χ4n) is 2.91. The molecule has 0 saturated heterocycles. The predicted molar refractivity (Wildman–Crippen MR) is 113 cm³/mol. The van der Waals surface area contributed by atoms with Gasteiger partial charge in [0.2, 0.25) is 0 Å². The fourth-order valence-corrected chi connectivity index (χ4v) is 3.46. The molecule has 0 amide bonds. The van der Waals surface area contributed by atoms with Crippen molar-refractivity contribution in [2.45, 2.75) is 71.5 Å². The first-order valence-electron chi connectivity index (χ1n) is 9.34. The zero-order valence-corrected chi connectivity index (χ0v) is 23.2. The topological polar surface area (TPSA) is 107 Å². The quantitative estimate of drug-likeness (QED) is 0.280. The summed E-state index contributed by atoms with van der Waals surface area (Å²) in [5, 5.41) is 0. The van der Waals surface area contributed by atoms with Crippen molar-refractivity contribution in [2.75, 3.05) is 0 Å². The van der Waals surface area contributed by atoms with Crippen LogP contribution in [0.25, 0.3) is 0 Å². The molecule has 1 N–H and O–H groups in total. The molecule has 162 valence electrons. The number of esters is 2. The van der Waals surface area contributed by atoms with Gasteiger partial charge in [-0.1, -0.05) is 27.7 Å². The molecule has 0 spiro atoms. The molecule has 7 nitrogen and oxygen atoms in total. The third kappa shape index (κ3) is 10.5. The average Bonchev–Trinajstić information content (AvgIpc) is 2.51. The average molecular weight is 554 g/mol. The molecule has 9 heteroatoms. The molecule has 2 unspecified atom stereocenters. The molecule has 2 atom stereocenters. The van der Waals surface area contributed by atoms with Gasteiger partial charge < -0.3 is 12.3 Å². The van der Waals surface area contributed by atoms with Crippen LogP contribution in [-0.4, -0.2) is 86.0 Å². The van der Waals surface area contributed by atoms with Crippen LogP contribution in [0.4, 0.5) is 0 Å². The maximum atomic E-state index is 12.4. The Hall–Kier alpha value is -0.359. The molecule has 0 aliphatic carbocycles. The molecular formula is C20H32BaO7S. The van der Waals surface area contributed by atoms with Crippen LogP contribution >= 0.6 is 0 Å². The number of benzene rings is 1. The molecule has 0 bridgehead atoms. The molecule has 0 radical (unpaired) electrons. The smallest absolute Gasteiger partial charge is 1.00 e. The maximum Gasteiger partial charge on any atom is 2.00 e. The minimum absolute atomic E-state index is 0. The Bertz CT molecular complexity index is 765. The monoisotopic (exact) mass is 554 g/mol. The second-order valence-corrected chi connectivity index (χ2v) is 9.33. The number of rotatable bonds is 9. The van der Waals surface area contributed by atoms with Gasteiger partial charge in [0.25, 0.3) is 10.1 Å². The summed E-state index contributed by atoms with van der Waals surface area (Å²) in [6.07, 6.45) is 0.489. The van der Waals surface area contributed by atoms with Crippen LogP contribution in [0.3, 0.4) is 0 Å². The molecule has 29 heavy (non-hydrogen) atoms. The Morgan fingerprint density at radius 1 is 0.862 bits per heavy atom. The number of ether oxygens (including phenoxy) is 2. The largest absolute Gasteiger partial charge is 2.00 e. The number of hydrogen-bond acceptors (Lipinski definition) is 6. The summed E-state index contributed by atoms with van der Waals surface area (Å²) in [5.74, 6) is -0.939. The summed E-state index contributed by atoms with van der Waals surface area (Å²) in [4.78, 5) is 24.2. The maximum absolute atomic E-state index is 12.4. The molecule has 0 saturated carbocycles. The first-order valence-corrected chi connectivity index (χ1v) is 10.8. The zero-order valence-electron chi connectivity index (χ0n) is 20.0. The predicted octanol–water partition coefficient (Wildman–Crippen LogP) is 3.96. The third-order valence-corrected chi connectivity index (χ3v) is 4.73. The second kappa shape index (κ2) is 12.5. The molecule has 1 aromatic rings. The van der Waals surface area contributed by atoms with Gasteiger partial charge in [0.15, 0.2) is 0 Å². The van der Waals surface area contributed by atoms with Crippen molar-refractivity contribution in [3.63, 3.8) is 0 Å². The van der Waals surface area contributed by atoms with Crippen molar-refractivity contribution in [3.8, 4) is 0 Å². The Labute approximate surface area is 216 Å². The molecule has 0 aliphatic rings.